The largest absolute Gasteiger partial charge is 0.489 e. The Kier molecular flexibility index (Phi) is 10.9. The highest BCUT2D eigenvalue weighted by atomic mass is 35.5. The summed E-state index contributed by atoms with van der Waals surface area (Å²) in [6.07, 6.45) is 1.72. The number of halogens is 2. The minimum absolute atomic E-state index is 0.0534. The zero-order chi connectivity index (χ0) is 34.6. The minimum atomic E-state index is -0.974. The van der Waals surface area contributed by atoms with Crippen molar-refractivity contribution in [3.05, 3.63) is 87.7 Å². The van der Waals surface area contributed by atoms with Gasteiger partial charge in [-0.15, -0.1) is 11.8 Å². The van der Waals surface area contributed by atoms with Gasteiger partial charge in [0.05, 0.1) is 28.9 Å². The summed E-state index contributed by atoms with van der Waals surface area (Å²) in [6, 6.07) is 16.6. The summed E-state index contributed by atoms with van der Waals surface area (Å²) >= 11 is 8.40. The Morgan fingerprint density at radius 2 is 1.90 bits per heavy atom. The zero-order valence-electron chi connectivity index (χ0n) is 27.1. The number of carbonyl (C=O) groups is 3. The third-order valence-corrected chi connectivity index (χ3v) is 10.1. The van der Waals surface area contributed by atoms with E-state index in [1.165, 1.54) is 11.0 Å². The molecule has 0 spiro atoms. The van der Waals surface area contributed by atoms with E-state index in [0.717, 1.165) is 23.3 Å². The molecule has 2 heterocycles. The molecule has 2 aliphatic heterocycles. The van der Waals surface area contributed by atoms with Crippen LogP contribution in [0.5, 0.6) is 5.75 Å². The normalized spacial score (nSPS) is 15.5. The van der Waals surface area contributed by atoms with Gasteiger partial charge in [-0.25, -0.2) is 4.39 Å². The third-order valence-electron chi connectivity index (χ3n) is 8.24. The van der Waals surface area contributed by atoms with E-state index in [1.807, 2.05) is 29.2 Å². The van der Waals surface area contributed by atoms with Crippen LogP contribution in [0.2, 0.25) is 5.02 Å². The highest BCUT2D eigenvalue weighted by molar-refractivity contribution is 8.00. The fourth-order valence-corrected chi connectivity index (χ4v) is 7.39. The van der Waals surface area contributed by atoms with Gasteiger partial charge < -0.3 is 25.0 Å². The number of amides is 2. The molecule has 252 valence electrons. The minimum Gasteiger partial charge on any atom is -0.489 e. The van der Waals surface area contributed by atoms with Crippen molar-refractivity contribution in [3.63, 3.8) is 0 Å². The molecular formula is C36H38ClFN4O5S. The molecule has 2 aliphatic rings. The van der Waals surface area contributed by atoms with E-state index in [0.29, 0.717) is 51.5 Å². The third kappa shape index (κ3) is 8.41. The number of rotatable bonds is 11. The van der Waals surface area contributed by atoms with Gasteiger partial charge in [-0.2, -0.15) is 5.26 Å². The lowest BCUT2D eigenvalue weighted by atomic mass is 10.1. The monoisotopic (exact) mass is 692 g/mol. The van der Waals surface area contributed by atoms with Crippen LogP contribution >= 0.6 is 23.4 Å². The first-order valence-corrected chi connectivity index (χ1v) is 17.0. The van der Waals surface area contributed by atoms with Crippen molar-refractivity contribution in [1.29, 1.82) is 5.26 Å². The number of esters is 1. The van der Waals surface area contributed by atoms with Gasteiger partial charge in [-0.3, -0.25) is 14.4 Å². The van der Waals surface area contributed by atoms with E-state index in [-0.39, 0.29) is 37.7 Å². The smallest absolute Gasteiger partial charge is 0.306 e. The Hall–Kier alpha value is -4.27. The lowest BCUT2D eigenvalue weighted by Crippen LogP contribution is -2.45. The van der Waals surface area contributed by atoms with Crippen LogP contribution in [0.4, 0.5) is 10.1 Å². The van der Waals surface area contributed by atoms with Gasteiger partial charge in [0, 0.05) is 40.8 Å². The van der Waals surface area contributed by atoms with Crippen molar-refractivity contribution in [1.82, 2.24) is 4.90 Å². The van der Waals surface area contributed by atoms with E-state index in [1.54, 1.807) is 62.9 Å². The SMILES string of the molecule is CC(C)(C)OC(=O)CC[C@@H](C(N)=O)N1Cc2c(OCc3ccc(SC4CCN(c5ccc(C#N)cc5F)CC4)c(Cl)c3)cccc2C1=O. The van der Waals surface area contributed by atoms with Gasteiger partial charge in [0.15, 0.2) is 0 Å². The average molecular weight is 693 g/mol. The first-order valence-electron chi connectivity index (χ1n) is 15.8. The fraction of sp³-hybridized carbons (Fsp3) is 0.389. The van der Waals surface area contributed by atoms with Crippen molar-refractivity contribution in [3.8, 4) is 11.8 Å². The van der Waals surface area contributed by atoms with E-state index in [2.05, 4.69) is 0 Å². The summed E-state index contributed by atoms with van der Waals surface area (Å²) in [4.78, 5) is 42.3. The Balaban J connectivity index is 1.17. The van der Waals surface area contributed by atoms with E-state index in [9.17, 15) is 18.8 Å². The second-order valence-electron chi connectivity index (χ2n) is 12.9. The van der Waals surface area contributed by atoms with E-state index in [4.69, 9.17) is 32.1 Å². The standard InChI is InChI=1S/C36H38ClFN4O5S/c1-36(2,3)47-33(43)12-10-30(34(40)44)42-20-26-25(35(42)45)5-4-6-31(26)46-21-23-8-11-32(27(37)17-23)48-24-13-15-41(16-14-24)29-9-7-22(19-39)18-28(29)38/h4-9,11,17-18,24,30H,10,12-16,20-21H2,1-3H3,(H2,40,44)/t30-/m0/s1. The summed E-state index contributed by atoms with van der Waals surface area (Å²) in [6.45, 7) is 7.02. The van der Waals surface area contributed by atoms with Crippen LogP contribution < -0.4 is 15.4 Å². The highest BCUT2D eigenvalue weighted by Gasteiger charge is 2.37. The quantitative estimate of drug-likeness (QED) is 0.222. The Labute approximate surface area is 289 Å². The van der Waals surface area contributed by atoms with Crippen molar-refractivity contribution in [2.75, 3.05) is 18.0 Å². The molecule has 1 fully saturated rings. The number of piperidine rings is 1. The van der Waals surface area contributed by atoms with Crippen LogP contribution in [0.25, 0.3) is 0 Å². The molecule has 1 atom stereocenters. The summed E-state index contributed by atoms with van der Waals surface area (Å²) in [5.41, 5.74) is 7.76. The highest BCUT2D eigenvalue weighted by Crippen LogP contribution is 2.38. The van der Waals surface area contributed by atoms with Gasteiger partial charge in [0.1, 0.15) is 29.8 Å². The van der Waals surface area contributed by atoms with Crippen LogP contribution in [-0.2, 0) is 27.5 Å². The van der Waals surface area contributed by atoms with Crippen LogP contribution in [0, 0.1) is 17.1 Å². The molecule has 0 bridgehead atoms. The molecule has 1 saturated heterocycles. The molecule has 0 aromatic heterocycles. The number of ether oxygens (including phenoxy) is 2. The van der Waals surface area contributed by atoms with E-state index < -0.39 is 23.5 Å². The summed E-state index contributed by atoms with van der Waals surface area (Å²) in [7, 11) is 0. The number of carbonyl (C=O) groups excluding carboxylic acids is 3. The maximum Gasteiger partial charge on any atom is 0.306 e. The molecule has 9 nitrogen and oxygen atoms in total. The fourth-order valence-electron chi connectivity index (χ4n) is 5.93. The second kappa shape index (κ2) is 14.9. The first kappa shape index (κ1) is 35.0. The number of anilines is 1. The maximum absolute atomic E-state index is 14.5. The molecular weight excluding hydrogens is 655 g/mol. The second-order valence-corrected chi connectivity index (χ2v) is 14.6. The average Bonchev–Trinajstić information content (AvgIpc) is 3.37. The molecule has 2 N–H and O–H groups in total. The molecule has 3 aromatic carbocycles. The van der Waals surface area contributed by atoms with Gasteiger partial charge >= 0.3 is 5.97 Å². The lowest BCUT2D eigenvalue weighted by molar-refractivity contribution is -0.155. The Bertz CT molecular complexity index is 1750. The van der Waals surface area contributed by atoms with Crippen LogP contribution in [0.15, 0.2) is 59.5 Å². The number of primary amides is 1. The number of nitrogens with zero attached hydrogens (tertiary/aromatic N) is 3. The Morgan fingerprint density at radius 3 is 2.54 bits per heavy atom. The van der Waals surface area contributed by atoms with Crippen LogP contribution in [0.1, 0.15) is 73.5 Å². The molecule has 0 radical (unpaired) electrons. The van der Waals surface area contributed by atoms with Crippen LogP contribution in [0.3, 0.4) is 0 Å². The lowest BCUT2D eigenvalue weighted by Gasteiger charge is -2.33. The molecule has 3 aromatic rings. The number of hydrogen-bond donors (Lipinski definition) is 1. The van der Waals surface area contributed by atoms with Crippen molar-refractivity contribution < 1.29 is 28.2 Å². The molecule has 2 amide bonds. The molecule has 48 heavy (non-hydrogen) atoms. The summed E-state index contributed by atoms with van der Waals surface area (Å²) < 4.78 is 26.0. The predicted octanol–water partition coefficient (Wildman–Crippen LogP) is 6.62. The summed E-state index contributed by atoms with van der Waals surface area (Å²) in [5.74, 6) is -1.37. The summed E-state index contributed by atoms with van der Waals surface area (Å²) in [5, 5.41) is 9.94. The maximum atomic E-state index is 14.5. The van der Waals surface area contributed by atoms with Gasteiger partial charge in [0.25, 0.3) is 5.91 Å². The predicted molar refractivity (Wildman–Crippen MR) is 182 cm³/mol. The number of nitrogens with two attached hydrogens (primary N) is 1. The van der Waals surface area contributed by atoms with Gasteiger partial charge in [-0.1, -0.05) is 23.7 Å². The van der Waals surface area contributed by atoms with Crippen molar-refractivity contribution in [2.45, 2.75) is 81.4 Å². The molecule has 12 heteroatoms. The van der Waals surface area contributed by atoms with Crippen molar-refractivity contribution in [2.24, 2.45) is 5.73 Å². The number of benzene rings is 3. The molecule has 0 aliphatic carbocycles. The van der Waals surface area contributed by atoms with Gasteiger partial charge in [0.2, 0.25) is 5.91 Å². The number of thioether (sulfide) groups is 1. The number of fused-ring (bicyclic) bond motifs is 1. The number of nitriles is 1. The van der Waals surface area contributed by atoms with Gasteiger partial charge in [-0.05, 0) is 88.1 Å². The van der Waals surface area contributed by atoms with Crippen molar-refractivity contribution >= 4 is 46.8 Å². The topological polar surface area (TPSA) is 126 Å². The van der Waals surface area contributed by atoms with E-state index >= 15 is 0 Å². The Morgan fingerprint density at radius 1 is 1.15 bits per heavy atom. The zero-order valence-corrected chi connectivity index (χ0v) is 28.7. The molecule has 0 saturated carbocycles. The first-order chi connectivity index (χ1) is 22.8. The molecule has 0 unspecified atom stereocenters. The van der Waals surface area contributed by atoms with Crippen LogP contribution in [-0.4, -0.2) is 52.7 Å². The molecule has 5 rings (SSSR count). The number of hydrogen-bond acceptors (Lipinski definition) is 8.